The van der Waals surface area contributed by atoms with Crippen LogP contribution in [0, 0.1) is 0 Å². The number of benzene rings is 8. The van der Waals surface area contributed by atoms with Crippen molar-refractivity contribution in [3.8, 4) is 39.1 Å². The molecule has 10 aromatic rings. The second kappa shape index (κ2) is 9.74. The van der Waals surface area contributed by atoms with Gasteiger partial charge in [0.1, 0.15) is 11.2 Å². The van der Waals surface area contributed by atoms with Crippen LogP contribution in [0.4, 0.5) is 0 Å². The van der Waals surface area contributed by atoms with Gasteiger partial charge in [-0.05, 0) is 86.0 Å². The van der Waals surface area contributed by atoms with Crippen LogP contribution in [0.2, 0.25) is 0 Å². The minimum atomic E-state index is -0.491. The lowest BCUT2D eigenvalue weighted by molar-refractivity contribution is 0.669. The molecular formula is C49H29NO. The molecule has 0 bridgehead atoms. The lowest BCUT2D eigenvalue weighted by Gasteiger charge is -2.40. The fraction of sp³-hybridized carbons (Fsp3) is 0.0204. The molecule has 1 spiro atoms. The van der Waals surface area contributed by atoms with Gasteiger partial charge in [0.2, 0.25) is 0 Å². The van der Waals surface area contributed by atoms with E-state index in [0.29, 0.717) is 0 Å². The van der Waals surface area contributed by atoms with E-state index in [9.17, 15) is 0 Å². The van der Waals surface area contributed by atoms with Crippen LogP contribution < -0.4 is 0 Å². The topological polar surface area (TPSA) is 18.1 Å². The first kappa shape index (κ1) is 27.2. The Labute approximate surface area is 294 Å². The summed E-state index contributed by atoms with van der Waals surface area (Å²) < 4.78 is 8.64. The first-order valence-electron chi connectivity index (χ1n) is 17.7. The zero-order chi connectivity index (χ0) is 33.3. The highest BCUT2D eigenvalue weighted by molar-refractivity contribution is 6.13. The molecule has 2 heteroatoms. The van der Waals surface area contributed by atoms with Gasteiger partial charge in [0, 0.05) is 21.5 Å². The Hall–Kier alpha value is -6.64. The van der Waals surface area contributed by atoms with Crippen molar-refractivity contribution in [1.82, 2.24) is 4.57 Å². The number of furan rings is 1. The quantitative estimate of drug-likeness (QED) is 0.183. The van der Waals surface area contributed by atoms with Crippen molar-refractivity contribution >= 4 is 43.7 Å². The molecule has 1 atom stereocenters. The Bertz CT molecular complexity index is 3080. The van der Waals surface area contributed by atoms with Crippen LogP contribution >= 0.6 is 0 Å². The SMILES string of the molecule is c1ccc2c(c1)-c1cccc(-c3ccc(-c4ccc5oc6ccccc6c5c4)cc3)c1C21c2ccccc2-n2c3ccccc3c3cccc1c32. The summed E-state index contributed by atoms with van der Waals surface area (Å²) in [6, 6.07) is 64.9. The van der Waals surface area contributed by atoms with Gasteiger partial charge >= 0.3 is 0 Å². The standard InChI is InChI=1S/C49H29NO/c1-4-17-40-34(11-1)37-15-9-14-33(31-25-23-30(24-26-31)32-27-28-46-39(29-32)36-13-3-8-22-45(36)51-46)47(37)49(40)41-18-5-7-21-44(41)50-43-20-6-2-12-35(43)38-16-10-19-42(49)48(38)50/h1-29H. The van der Waals surface area contributed by atoms with Gasteiger partial charge in [0.25, 0.3) is 0 Å². The monoisotopic (exact) mass is 647 g/mol. The van der Waals surface area contributed by atoms with Crippen LogP contribution in [0.25, 0.3) is 82.8 Å². The first-order chi connectivity index (χ1) is 25.3. The van der Waals surface area contributed by atoms with Crippen LogP contribution in [0.3, 0.4) is 0 Å². The molecule has 1 aliphatic heterocycles. The maximum Gasteiger partial charge on any atom is 0.135 e. The maximum atomic E-state index is 6.13. The number of hydrogen-bond donors (Lipinski definition) is 0. The highest BCUT2D eigenvalue weighted by atomic mass is 16.3. The van der Waals surface area contributed by atoms with Crippen molar-refractivity contribution in [1.29, 1.82) is 0 Å². The van der Waals surface area contributed by atoms with Crippen molar-refractivity contribution in [2.45, 2.75) is 5.41 Å². The largest absolute Gasteiger partial charge is 0.456 e. The minimum absolute atomic E-state index is 0.491. The summed E-state index contributed by atoms with van der Waals surface area (Å²) in [5.41, 5.74) is 18.0. The molecule has 0 amide bonds. The van der Waals surface area contributed by atoms with E-state index in [-0.39, 0.29) is 0 Å². The average molecular weight is 648 g/mol. The molecule has 8 aromatic carbocycles. The van der Waals surface area contributed by atoms with Gasteiger partial charge < -0.3 is 8.98 Å². The van der Waals surface area contributed by atoms with Crippen molar-refractivity contribution in [2.24, 2.45) is 0 Å². The van der Waals surface area contributed by atoms with Crippen LogP contribution in [0.5, 0.6) is 0 Å². The third-order valence-electron chi connectivity index (χ3n) is 11.6. The molecule has 2 aliphatic rings. The van der Waals surface area contributed by atoms with Crippen molar-refractivity contribution in [2.75, 3.05) is 0 Å². The Balaban J connectivity index is 1.12. The summed E-state index contributed by atoms with van der Waals surface area (Å²) in [6.07, 6.45) is 0. The summed E-state index contributed by atoms with van der Waals surface area (Å²) in [6.45, 7) is 0. The number of fused-ring (bicyclic) bond motifs is 15. The molecule has 0 radical (unpaired) electrons. The molecule has 0 N–H and O–H groups in total. The smallest absolute Gasteiger partial charge is 0.135 e. The molecule has 1 unspecified atom stereocenters. The summed E-state index contributed by atoms with van der Waals surface area (Å²) in [5.74, 6) is 0. The summed E-state index contributed by atoms with van der Waals surface area (Å²) >= 11 is 0. The second-order valence-electron chi connectivity index (χ2n) is 14.0. The molecule has 0 saturated heterocycles. The molecule has 51 heavy (non-hydrogen) atoms. The number of nitrogens with zero attached hydrogens (tertiary/aromatic N) is 1. The predicted molar refractivity (Wildman–Crippen MR) is 210 cm³/mol. The van der Waals surface area contributed by atoms with E-state index in [2.05, 4.69) is 168 Å². The van der Waals surface area contributed by atoms with Gasteiger partial charge in [-0.25, -0.2) is 0 Å². The fourth-order valence-corrected chi connectivity index (χ4v) is 9.61. The first-order valence-corrected chi connectivity index (χ1v) is 17.7. The minimum Gasteiger partial charge on any atom is -0.456 e. The second-order valence-corrected chi connectivity index (χ2v) is 14.0. The highest BCUT2D eigenvalue weighted by Gasteiger charge is 2.51. The zero-order valence-electron chi connectivity index (χ0n) is 27.6. The van der Waals surface area contributed by atoms with E-state index >= 15 is 0 Å². The summed E-state index contributed by atoms with van der Waals surface area (Å²) in [4.78, 5) is 0. The molecule has 12 rings (SSSR count). The molecule has 2 aromatic heterocycles. The predicted octanol–water partition coefficient (Wildman–Crippen LogP) is 12.7. The van der Waals surface area contributed by atoms with Crippen molar-refractivity contribution in [3.63, 3.8) is 0 Å². The lowest BCUT2D eigenvalue weighted by Crippen LogP contribution is -2.34. The van der Waals surface area contributed by atoms with Crippen molar-refractivity contribution < 1.29 is 4.42 Å². The van der Waals surface area contributed by atoms with E-state index in [1.165, 1.54) is 83.1 Å². The normalized spacial score (nSPS) is 15.5. The molecule has 2 nitrogen and oxygen atoms in total. The van der Waals surface area contributed by atoms with Gasteiger partial charge in [0.05, 0.1) is 22.1 Å². The van der Waals surface area contributed by atoms with E-state index < -0.39 is 5.41 Å². The van der Waals surface area contributed by atoms with Gasteiger partial charge in [-0.1, -0.05) is 146 Å². The average Bonchev–Trinajstić information content (AvgIpc) is 3.84. The van der Waals surface area contributed by atoms with E-state index in [0.717, 1.165) is 21.9 Å². The molecular weight excluding hydrogens is 619 g/mol. The van der Waals surface area contributed by atoms with E-state index in [4.69, 9.17) is 4.42 Å². The number of para-hydroxylation sites is 4. The Morgan fingerprint density at radius 1 is 0.392 bits per heavy atom. The third kappa shape index (κ3) is 3.37. The van der Waals surface area contributed by atoms with Crippen molar-refractivity contribution in [3.05, 3.63) is 198 Å². The Kier molecular flexibility index (Phi) is 5.20. The Morgan fingerprint density at radius 2 is 1.02 bits per heavy atom. The molecule has 0 fully saturated rings. The van der Waals surface area contributed by atoms with Gasteiger partial charge in [-0.15, -0.1) is 0 Å². The van der Waals surface area contributed by atoms with Gasteiger partial charge in [-0.3, -0.25) is 0 Å². The third-order valence-corrected chi connectivity index (χ3v) is 11.6. The van der Waals surface area contributed by atoms with Gasteiger partial charge in [0.15, 0.2) is 0 Å². The highest BCUT2D eigenvalue weighted by Crippen LogP contribution is 2.62. The summed E-state index contributed by atoms with van der Waals surface area (Å²) in [7, 11) is 0. The maximum absolute atomic E-state index is 6.13. The van der Waals surface area contributed by atoms with Crippen LogP contribution in [-0.4, -0.2) is 4.57 Å². The van der Waals surface area contributed by atoms with Crippen LogP contribution in [0.1, 0.15) is 22.3 Å². The fourth-order valence-electron chi connectivity index (χ4n) is 9.61. The molecule has 3 heterocycles. The number of rotatable bonds is 2. The number of aromatic nitrogens is 1. The van der Waals surface area contributed by atoms with Crippen LogP contribution in [-0.2, 0) is 5.41 Å². The molecule has 1 aliphatic carbocycles. The van der Waals surface area contributed by atoms with E-state index in [1.54, 1.807) is 0 Å². The molecule has 236 valence electrons. The number of hydrogen-bond acceptors (Lipinski definition) is 1. The Morgan fingerprint density at radius 3 is 1.94 bits per heavy atom. The molecule has 0 saturated carbocycles. The van der Waals surface area contributed by atoms with Gasteiger partial charge in [-0.2, -0.15) is 0 Å². The van der Waals surface area contributed by atoms with Crippen LogP contribution in [0.15, 0.2) is 180 Å². The lowest BCUT2D eigenvalue weighted by atomic mass is 9.64. The zero-order valence-corrected chi connectivity index (χ0v) is 27.6. The summed E-state index contributed by atoms with van der Waals surface area (Å²) in [5, 5.41) is 4.89. The van der Waals surface area contributed by atoms with E-state index in [1.807, 2.05) is 12.1 Å².